The molecule has 0 aromatic rings. The van der Waals surface area contributed by atoms with Crippen molar-refractivity contribution in [2.45, 2.75) is 19.1 Å². The molecule has 4 nitrogen and oxygen atoms in total. The van der Waals surface area contributed by atoms with Crippen molar-refractivity contribution in [3.8, 4) is 0 Å². The minimum Gasteiger partial charge on any atom is -0.288 e. The summed E-state index contributed by atoms with van der Waals surface area (Å²) >= 11 is 11.3. The molecule has 7 heteroatoms. The van der Waals surface area contributed by atoms with Crippen LogP contribution in [0.3, 0.4) is 0 Å². The summed E-state index contributed by atoms with van der Waals surface area (Å²) in [5.41, 5.74) is -0.0139. The number of hydrogen-bond donors (Lipinski definition) is 0. The lowest BCUT2D eigenvalue weighted by atomic mass is 10.1. The van der Waals surface area contributed by atoms with Gasteiger partial charge in [0, 0.05) is 6.08 Å². The SMILES string of the molecule is CC(C)S(=O)(=O)/N=C1\C=C(Cl)C(=O)C=C1Cl. The van der Waals surface area contributed by atoms with E-state index in [9.17, 15) is 13.2 Å². The highest BCUT2D eigenvalue weighted by Crippen LogP contribution is 2.20. The Morgan fingerprint density at radius 2 is 1.75 bits per heavy atom. The average Bonchev–Trinajstić information content (AvgIpc) is 2.13. The van der Waals surface area contributed by atoms with Gasteiger partial charge >= 0.3 is 0 Å². The van der Waals surface area contributed by atoms with Crippen LogP contribution in [0.4, 0.5) is 0 Å². The van der Waals surface area contributed by atoms with Gasteiger partial charge in [-0.2, -0.15) is 4.40 Å². The van der Waals surface area contributed by atoms with E-state index >= 15 is 0 Å². The number of ketones is 1. The summed E-state index contributed by atoms with van der Waals surface area (Å²) in [6.45, 7) is 2.99. The van der Waals surface area contributed by atoms with E-state index in [1.807, 2.05) is 0 Å². The number of hydrogen-bond acceptors (Lipinski definition) is 3. The van der Waals surface area contributed by atoms with Gasteiger partial charge in [-0.25, -0.2) is 8.42 Å². The van der Waals surface area contributed by atoms with Crippen LogP contribution in [0.1, 0.15) is 13.8 Å². The fourth-order valence-corrected chi connectivity index (χ4v) is 1.87. The van der Waals surface area contributed by atoms with Crippen molar-refractivity contribution in [2.24, 2.45) is 4.40 Å². The molecule has 0 saturated carbocycles. The first-order chi connectivity index (χ1) is 7.24. The van der Waals surface area contributed by atoms with E-state index in [1.54, 1.807) is 0 Å². The van der Waals surface area contributed by atoms with Crippen LogP contribution in [0.15, 0.2) is 26.6 Å². The first kappa shape index (κ1) is 13.4. The minimum atomic E-state index is -3.62. The van der Waals surface area contributed by atoms with E-state index in [1.165, 1.54) is 13.8 Å². The Kier molecular flexibility index (Phi) is 3.93. The summed E-state index contributed by atoms with van der Waals surface area (Å²) in [7, 11) is -3.62. The number of rotatable bonds is 2. The molecule has 1 aliphatic carbocycles. The smallest absolute Gasteiger partial charge is 0.256 e. The standard InChI is InChI=1S/C9H9Cl2NO3S/c1-5(2)16(14,15)12-8-3-7(11)9(13)4-6(8)10/h3-5H,1-2H3/b12-8+. The highest BCUT2D eigenvalue weighted by atomic mass is 35.5. The highest BCUT2D eigenvalue weighted by Gasteiger charge is 2.20. The molecule has 0 aliphatic heterocycles. The molecule has 16 heavy (non-hydrogen) atoms. The van der Waals surface area contributed by atoms with Crippen LogP contribution in [0.2, 0.25) is 0 Å². The van der Waals surface area contributed by atoms with E-state index in [0.29, 0.717) is 0 Å². The summed E-state index contributed by atoms with van der Waals surface area (Å²) < 4.78 is 26.5. The number of nitrogens with zero attached hydrogens (tertiary/aromatic N) is 1. The third kappa shape index (κ3) is 2.93. The number of carbonyl (C=O) groups is 1. The molecular formula is C9H9Cl2NO3S. The number of carbonyl (C=O) groups excluding carboxylic acids is 1. The van der Waals surface area contributed by atoms with Crippen LogP contribution >= 0.6 is 23.2 Å². The van der Waals surface area contributed by atoms with Crippen molar-refractivity contribution in [2.75, 3.05) is 0 Å². The molecule has 88 valence electrons. The Bertz CT molecular complexity index is 515. The minimum absolute atomic E-state index is 0.0139. The Balaban J connectivity index is 3.22. The van der Waals surface area contributed by atoms with Gasteiger partial charge in [0.1, 0.15) is 0 Å². The highest BCUT2D eigenvalue weighted by molar-refractivity contribution is 7.90. The second kappa shape index (κ2) is 4.69. The Hall–Kier alpha value is -0.650. The first-order valence-electron chi connectivity index (χ1n) is 4.37. The lowest BCUT2D eigenvalue weighted by molar-refractivity contribution is -0.110. The van der Waals surface area contributed by atoms with Gasteiger partial charge in [0.15, 0.2) is 5.78 Å². The van der Waals surface area contributed by atoms with Gasteiger partial charge in [-0.05, 0) is 19.9 Å². The summed E-state index contributed by atoms with van der Waals surface area (Å²) in [6, 6.07) is 0. The molecule has 0 aromatic carbocycles. The van der Waals surface area contributed by atoms with Crippen LogP contribution in [-0.4, -0.2) is 25.2 Å². The van der Waals surface area contributed by atoms with Gasteiger partial charge in [0.25, 0.3) is 10.0 Å². The maximum Gasteiger partial charge on any atom is 0.256 e. The molecule has 0 saturated heterocycles. The zero-order chi connectivity index (χ0) is 12.5. The van der Waals surface area contributed by atoms with E-state index in [0.717, 1.165) is 12.2 Å². The molecule has 1 aliphatic rings. The maximum atomic E-state index is 11.5. The van der Waals surface area contributed by atoms with Crippen molar-refractivity contribution < 1.29 is 13.2 Å². The molecule has 0 aromatic heterocycles. The van der Waals surface area contributed by atoms with Gasteiger partial charge in [-0.1, -0.05) is 23.2 Å². The zero-order valence-corrected chi connectivity index (χ0v) is 10.9. The predicted octanol–water partition coefficient (Wildman–Crippen LogP) is 1.99. The van der Waals surface area contributed by atoms with Crippen molar-refractivity contribution in [3.05, 3.63) is 22.2 Å². The summed E-state index contributed by atoms with van der Waals surface area (Å²) in [5.74, 6) is -0.465. The van der Waals surface area contributed by atoms with E-state index < -0.39 is 21.1 Å². The molecule has 1 rings (SSSR count). The van der Waals surface area contributed by atoms with Crippen LogP contribution in [0, 0.1) is 0 Å². The van der Waals surface area contributed by atoms with Gasteiger partial charge < -0.3 is 0 Å². The third-order valence-electron chi connectivity index (χ3n) is 1.82. The van der Waals surface area contributed by atoms with Gasteiger partial charge in [0.05, 0.1) is 21.0 Å². The van der Waals surface area contributed by atoms with Crippen molar-refractivity contribution in [3.63, 3.8) is 0 Å². The van der Waals surface area contributed by atoms with E-state index in [-0.39, 0.29) is 15.8 Å². The normalized spacial score (nSPS) is 20.1. The second-order valence-electron chi connectivity index (χ2n) is 3.39. The quantitative estimate of drug-likeness (QED) is 0.727. The molecule has 0 amide bonds. The summed E-state index contributed by atoms with van der Waals surface area (Å²) in [5, 5.41) is -0.796. The summed E-state index contributed by atoms with van der Waals surface area (Å²) in [6.07, 6.45) is 2.19. The third-order valence-corrected chi connectivity index (χ3v) is 4.06. The van der Waals surface area contributed by atoms with Crippen molar-refractivity contribution >= 4 is 44.7 Å². The van der Waals surface area contributed by atoms with E-state index in [4.69, 9.17) is 23.2 Å². The van der Waals surface area contributed by atoms with Crippen LogP contribution < -0.4 is 0 Å². The fourth-order valence-electron chi connectivity index (χ4n) is 0.831. The predicted molar refractivity (Wildman–Crippen MR) is 64.4 cm³/mol. The van der Waals surface area contributed by atoms with Crippen molar-refractivity contribution in [1.29, 1.82) is 0 Å². The fraction of sp³-hybridized carbons (Fsp3) is 0.333. The molecule has 0 fully saturated rings. The molecule has 0 N–H and O–H groups in total. The zero-order valence-electron chi connectivity index (χ0n) is 8.57. The number of halogens is 2. The number of allylic oxidation sites excluding steroid dienone is 4. The Labute approximate surface area is 104 Å². The lowest BCUT2D eigenvalue weighted by Gasteiger charge is -2.08. The molecule has 0 radical (unpaired) electrons. The molecule has 0 bridgehead atoms. The number of sulfonamides is 1. The lowest BCUT2D eigenvalue weighted by Crippen LogP contribution is -2.15. The van der Waals surface area contributed by atoms with Gasteiger partial charge in [0.2, 0.25) is 0 Å². The van der Waals surface area contributed by atoms with Crippen LogP contribution in [0.25, 0.3) is 0 Å². The van der Waals surface area contributed by atoms with E-state index in [2.05, 4.69) is 4.40 Å². The Morgan fingerprint density at radius 1 is 1.19 bits per heavy atom. The Morgan fingerprint density at radius 3 is 2.25 bits per heavy atom. The second-order valence-corrected chi connectivity index (χ2v) is 6.36. The van der Waals surface area contributed by atoms with Crippen molar-refractivity contribution in [1.82, 2.24) is 0 Å². The molecule has 0 heterocycles. The molecule has 0 unspecified atom stereocenters. The molecule has 0 spiro atoms. The van der Waals surface area contributed by atoms with Crippen LogP contribution in [-0.2, 0) is 14.8 Å². The summed E-state index contributed by atoms with van der Waals surface area (Å²) in [4.78, 5) is 11.1. The first-order valence-corrected chi connectivity index (χ1v) is 6.63. The van der Waals surface area contributed by atoms with Gasteiger partial charge in [-0.15, -0.1) is 0 Å². The monoisotopic (exact) mass is 281 g/mol. The molecule has 0 atom stereocenters. The largest absolute Gasteiger partial charge is 0.288 e. The molecular weight excluding hydrogens is 273 g/mol. The maximum absolute atomic E-state index is 11.5. The average molecular weight is 282 g/mol. The topological polar surface area (TPSA) is 63.6 Å². The van der Waals surface area contributed by atoms with Gasteiger partial charge in [-0.3, -0.25) is 4.79 Å². The van der Waals surface area contributed by atoms with Crippen LogP contribution in [0.5, 0.6) is 0 Å².